The molecule has 3 aromatic rings. The van der Waals surface area contributed by atoms with Crippen molar-refractivity contribution < 1.29 is 5.11 Å². The van der Waals surface area contributed by atoms with Gasteiger partial charge in [0.05, 0.1) is 17.7 Å². The molecule has 1 aliphatic heterocycles. The highest BCUT2D eigenvalue weighted by Gasteiger charge is 2.30. The van der Waals surface area contributed by atoms with E-state index in [1.54, 1.807) is 6.20 Å². The molecule has 0 spiro atoms. The van der Waals surface area contributed by atoms with Crippen molar-refractivity contribution >= 4 is 34.9 Å². The Labute approximate surface area is 157 Å². The van der Waals surface area contributed by atoms with Gasteiger partial charge < -0.3 is 15.0 Å². The zero-order chi connectivity index (χ0) is 16.6. The summed E-state index contributed by atoms with van der Waals surface area (Å²) in [4.78, 5) is 9.15. The lowest BCUT2D eigenvalue weighted by molar-refractivity contribution is 0.00105. The summed E-state index contributed by atoms with van der Waals surface area (Å²) in [6.45, 7) is 2.08. The minimum absolute atomic E-state index is 0. The number of aromatic nitrogens is 3. The molecule has 4 rings (SSSR count). The molecular weight excluding hydrogens is 359 g/mol. The van der Waals surface area contributed by atoms with Crippen LogP contribution < -0.4 is 5.32 Å². The second-order valence-electron chi connectivity index (χ2n) is 6.42. The van der Waals surface area contributed by atoms with Crippen molar-refractivity contribution in [3.05, 3.63) is 47.7 Å². The van der Waals surface area contributed by atoms with Gasteiger partial charge in [0.1, 0.15) is 5.69 Å². The van der Waals surface area contributed by atoms with Crippen molar-refractivity contribution in [3.8, 4) is 11.5 Å². The van der Waals surface area contributed by atoms with Gasteiger partial charge in [-0.2, -0.15) is 0 Å². The number of β-amino-alcohol motifs (C(OH)–C–C–N with tert-alkyl or cyclic N) is 1. The van der Waals surface area contributed by atoms with Gasteiger partial charge in [0.2, 0.25) is 0 Å². The van der Waals surface area contributed by atoms with E-state index in [-0.39, 0.29) is 12.4 Å². The molecule has 1 aliphatic rings. The van der Waals surface area contributed by atoms with E-state index in [1.165, 1.54) is 0 Å². The van der Waals surface area contributed by atoms with Crippen molar-refractivity contribution in [1.29, 1.82) is 0 Å². The lowest BCUT2D eigenvalue weighted by Gasteiger charge is -2.33. The number of piperidine rings is 1. The molecule has 0 amide bonds. The highest BCUT2D eigenvalue weighted by atomic mass is 35.5. The molecular formula is C18H20Cl2N4O. The number of hydrogen-bond acceptors (Lipinski definition) is 4. The van der Waals surface area contributed by atoms with Crippen LogP contribution in [0.4, 0.5) is 0 Å². The largest absolute Gasteiger partial charge is 0.387 e. The molecule has 132 valence electrons. The van der Waals surface area contributed by atoms with Crippen molar-refractivity contribution in [2.24, 2.45) is 0 Å². The molecule has 0 aliphatic carbocycles. The predicted octanol–water partition coefficient (Wildman–Crippen LogP) is 3.29. The van der Waals surface area contributed by atoms with E-state index >= 15 is 0 Å². The van der Waals surface area contributed by atoms with Crippen LogP contribution >= 0.6 is 24.0 Å². The smallest absolute Gasteiger partial charge is 0.158 e. The number of nitrogens with one attached hydrogen (secondary N) is 1. The highest BCUT2D eigenvalue weighted by Crippen LogP contribution is 2.25. The zero-order valence-corrected chi connectivity index (χ0v) is 15.2. The first-order chi connectivity index (χ1) is 11.6. The third-order valence-corrected chi connectivity index (χ3v) is 4.75. The first-order valence-electron chi connectivity index (χ1n) is 8.14. The van der Waals surface area contributed by atoms with Crippen LogP contribution in [-0.2, 0) is 6.54 Å². The van der Waals surface area contributed by atoms with Crippen LogP contribution in [0.5, 0.6) is 0 Å². The van der Waals surface area contributed by atoms with Gasteiger partial charge in [0.15, 0.2) is 5.82 Å². The first-order valence-corrected chi connectivity index (χ1v) is 8.52. The maximum absolute atomic E-state index is 10.8. The van der Waals surface area contributed by atoms with E-state index in [4.69, 9.17) is 16.6 Å². The molecule has 3 heterocycles. The average molecular weight is 379 g/mol. The molecule has 0 saturated carbocycles. The van der Waals surface area contributed by atoms with E-state index < -0.39 is 5.60 Å². The molecule has 1 aromatic carbocycles. The van der Waals surface area contributed by atoms with E-state index in [0.29, 0.717) is 18.1 Å². The van der Waals surface area contributed by atoms with Crippen LogP contribution in [0, 0.1) is 0 Å². The molecule has 1 atom stereocenters. The fraction of sp³-hybridized carbons (Fsp3) is 0.333. The predicted molar refractivity (Wildman–Crippen MR) is 102 cm³/mol. The van der Waals surface area contributed by atoms with Crippen molar-refractivity contribution in [2.45, 2.75) is 25.0 Å². The maximum atomic E-state index is 10.8. The molecule has 1 unspecified atom stereocenters. The molecule has 2 N–H and O–H groups in total. The normalized spacial score (nSPS) is 20.4. The van der Waals surface area contributed by atoms with Gasteiger partial charge >= 0.3 is 0 Å². The molecule has 1 saturated heterocycles. The molecule has 0 bridgehead atoms. The van der Waals surface area contributed by atoms with Crippen molar-refractivity contribution in [1.82, 2.24) is 19.9 Å². The summed E-state index contributed by atoms with van der Waals surface area (Å²) in [5.74, 6) is 0.769. The third-order valence-electron chi connectivity index (χ3n) is 4.51. The molecule has 25 heavy (non-hydrogen) atoms. The summed E-state index contributed by atoms with van der Waals surface area (Å²) >= 11 is 6.03. The van der Waals surface area contributed by atoms with Crippen LogP contribution in [0.2, 0.25) is 5.02 Å². The average Bonchev–Trinajstić information content (AvgIpc) is 3.02. The van der Waals surface area contributed by atoms with Gasteiger partial charge in [-0.15, -0.1) is 12.4 Å². The van der Waals surface area contributed by atoms with Gasteiger partial charge in [-0.25, -0.2) is 9.97 Å². The van der Waals surface area contributed by atoms with Gasteiger partial charge in [-0.3, -0.25) is 0 Å². The number of nitrogens with zero attached hydrogens (tertiary/aromatic N) is 3. The number of halogens is 2. The fourth-order valence-corrected chi connectivity index (χ4v) is 3.48. The fourth-order valence-electron chi connectivity index (χ4n) is 3.29. The Bertz CT molecular complexity index is 874. The van der Waals surface area contributed by atoms with Crippen LogP contribution in [0.15, 0.2) is 42.7 Å². The van der Waals surface area contributed by atoms with Crippen molar-refractivity contribution in [2.75, 3.05) is 13.1 Å². The summed E-state index contributed by atoms with van der Waals surface area (Å²) in [6.07, 6.45) is 5.43. The van der Waals surface area contributed by atoms with E-state index in [0.717, 1.165) is 41.8 Å². The summed E-state index contributed by atoms with van der Waals surface area (Å²) in [6, 6.07) is 9.59. The lowest BCUT2D eigenvalue weighted by Crippen LogP contribution is -2.48. The second kappa shape index (κ2) is 7.30. The Kier molecular flexibility index (Phi) is 5.29. The number of imidazole rings is 1. The van der Waals surface area contributed by atoms with Crippen LogP contribution in [0.3, 0.4) is 0 Å². The monoisotopic (exact) mass is 378 g/mol. The number of aliphatic hydroxyl groups is 1. The summed E-state index contributed by atoms with van der Waals surface area (Å²) < 4.78 is 1.98. The van der Waals surface area contributed by atoms with Gasteiger partial charge in [-0.1, -0.05) is 17.7 Å². The van der Waals surface area contributed by atoms with E-state index in [1.807, 2.05) is 41.1 Å². The molecule has 0 radical (unpaired) electrons. The van der Waals surface area contributed by atoms with Crippen LogP contribution in [0.1, 0.15) is 12.8 Å². The SMILES string of the molecule is Cl.OC1(Cn2ccnc2-c2ccc3cc(Cl)ccc3n2)CCCNC1. The molecule has 5 nitrogen and oxygen atoms in total. The zero-order valence-electron chi connectivity index (χ0n) is 13.7. The van der Waals surface area contributed by atoms with Crippen molar-refractivity contribution in [3.63, 3.8) is 0 Å². The number of hydrogen-bond donors (Lipinski definition) is 2. The quantitative estimate of drug-likeness (QED) is 0.733. The first kappa shape index (κ1) is 18.1. The molecule has 7 heteroatoms. The lowest BCUT2D eigenvalue weighted by atomic mass is 9.94. The molecule has 1 fully saturated rings. The minimum Gasteiger partial charge on any atom is -0.387 e. The Morgan fingerprint density at radius 2 is 2.16 bits per heavy atom. The van der Waals surface area contributed by atoms with Gasteiger partial charge in [0, 0.05) is 29.3 Å². The Morgan fingerprint density at radius 3 is 2.96 bits per heavy atom. The topological polar surface area (TPSA) is 63.0 Å². The standard InChI is InChI=1S/C18H19ClN4O.ClH/c19-14-3-5-15-13(10-14)2-4-16(22-15)17-21-8-9-23(17)12-18(24)6-1-7-20-11-18;/h2-5,8-10,20,24H,1,6-7,11-12H2;1H. The second-order valence-corrected chi connectivity index (χ2v) is 6.85. The number of benzene rings is 1. The number of fused-ring (bicyclic) bond motifs is 1. The Hall–Kier alpha value is -1.66. The minimum atomic E-state index is -0.738. The van der Waals surface area contributed by atoms with Gasteiger partial charge in [-0.05, 0) is 43.7 Å². The van der Waals surface area contributed by atoms with E-state index in [2.05, 4.69) is 10.3 Å². The highest BCUT2D eigenvalue weighted by molar-refractivity contribution is 6.31. The molecule has 2 aromatic heterocycles. The number of pyridine rings is 1. The summed E-state index contributed by atoms with van der Waals surface area (Å²) in [5.41, 5.74) is 0.935. The van der Waals surface area contributed by atoms with Gasteiger partial charge in [0.25, 0.3) is 0 Å². The van der Waals surface area contributed by atoms with E-state index in [9.17, 15) is 5.11 Å². The number of rotatable bonds is 3. The van der Waals surface area contributed by atoms with Crippen LogP contribution in [-0.4, -0.2) is 38.3 Å². The third kappa shape index (κ3) is 3.80. The Morgan fingerprint density at radius 1 is 1.28 bits per heavy atom. The summed E-state index contributed by atoms with van der Waals surface area (Å²) in [5, 5.41) is 15.7. The summed E-state index contributed by atoms with van der Waals surface area (Å²) in [7, 11) is 0. The maximum Gasteiger partial charge on any atom is 0.158 e. The Balaban J connectivity index is 0.00000182. The van der Waals surface area contributed by atoms with Crippen LogP contribution in [0.25, 0.3) is 22.4 Å².